The number of carbonyl (C=O) groups excluding carboxylic acids is 1. The van der Waals surface area contributed by atoms with Gasteiger partial charge < -0.3 is 14.5 Å². The Morgan fingerprint density at radius 2 is 1.46 bits per heavy atom. The average Bonchev–Trinajstić information content (AvgIpc) is 3.31. The van der Waals surface area contributed by atoms with Crippen LogP contribution in [0.25, 0.3) is 0 Å². The molecule has 0 saturated carbocycles. The van der Waals surface area contributed by atoms with E-state index in [9.17, 15) is 4.79 Å². The molecule has 1 aromatic heterocycles. The first kappa shape index (κ1) is 23.0. The summed E-state index contributed by atoms with van der Waals surface area (Å²) in [5, 5.41) is 5.36. The predicted octanol–water partition coefficient (Wildman–Crippen LogP) is 5.13. The second-order valence-electron chi connectivity index (χ2n) is 8.54. The second-order valence-corrected chi connectivity index (χ2v) is 8.94. The molecule has 6 nitrogen and oxygen atoms in total. The third-order valence-electron chi connectivity index (χ3n) is 6.12. The van der Waals surface area contributed by atoms with Gasteiger partial charge in [-0.15, -0.1) is 5.10 Å². The van der Waals surface area contributed by atoms with Crippen molar-refractivity contribution in [1.82, 2.24) is 14.7 Å². The summed E-state index contributed by atoms with van der Waals surface area (Å²) in [6, 6.07) is 27.8. The van der Waals surface area contributed by atoms with E-state index in [0.717, 1.165) is 21.8 Å². The summed E-state index contributed by atoms with van der Waals surface area (Å²) < 4.78 is 7.83. The van der Waals surface area contributed by atoms with Crippen molar-refractivity contribution in [2.75, 3.05) is 31.1 Å². The van der Waals surface area contributed by atoms with Gasteiger partial charge in [0, 0.05) is 32.4 Å². The fraction of sp³-hybridized carbons (Fsp3) is 0.214. The van der Waals surface area contributed by atoms with E-state index in [0.29, 0.717) is 50.8 Å². The topological polar surface area (TPSA) is 50.6 Å². The Balaban J connectivity index is 1.33. The van der Waals surface area contributed by atoms with Crippen molar-refractivity contribution in [2.45, 2.75) is 13.2 Å². The molecule has 0 N–H and O–H groups in total. The van der Waals surface area contributed by atoms with Crippen LogP contribution in [0.4, 0.5) is 5.69 Å². The van der Waals surface area contributed by atoms with Crippen molar-refractivity contribution in [3.05, 3.63) is 113 Å². The summed E-state index contributed by atoms with van der Waals surface area (Å²) in [5.74, 6) is 0.300. The highest BCUT2D eigenvalue weighted by molar-refractivity contribution is 6.33. The van der Waals surface area contributed by atoms with Gasteiger partial charge >= 0.3 is 0 Å². The molecular weight excluding hydrogens is 460 g/mol. The first-order valence-corrected chi connectivity index (χ1v) is 12.1. The maximum Gasteiger partial charge on any atom is 0.261 e. The molecule has 2 heterocycles. The Morgan fingerprint density at radius 3 is 2.14 bits per heavy atom. The zero-order chi connectivity index (χ0) is 24.0. The number of piperazine rings is 1. The fourth-order valence-electron chi connectivity index (χ4n) is 4.26. The molecule has 7 heteroatoms. The molecule has 4 aromatic rings. The number of carbonyl (C=O) groups is 1. The minimum Gasteiger partial charge on any atom is -0.471 e. The van der Waals surface area contributed by atoms with Gasteiger partial charge in [-0.25, -0.2) is 0 Å². The van der Waals surface area contributed by atoms with Crippen LogP contribution in [0.2, 0.25) is 5.02 Å². The van der Waals surface area contributed by atoms with Crippen LogP contribution in [0.15, 0.2) is 91.1 Å². The molecule has 1 fully saturated rings. The lowest BCUT2D eigenvalue weighted by Crippen LogP contribution is -2.48. The van der Waals surface area contributed by atoms with Gasteiger partial charge in [0.05, 0.1) is 17.3 Å². The van der Waals surface area contributed by atoms with Gasteiger partial charge in [0.2, 0.25) is 5.88 Å². The Morgan fingerprint density at radius 1 is 0.829 bits per heavy atom. The molecule has 1 saturated heterocycles. The number of nitrogens with zero attached hydrogens (tertiary/aromatic N) is 4. The van der Waals surface area contributed by atoms with Gasteiger partial charge in [-0.2, -0.15) is 0 Å². The number of rotatable bonds is 7. The predicted molar refractivity (Wildman–Crippen MR) is 138 cm³/mol. The van der Waals surface area contributed by atoms with Crippen molar-refractivity contribution in [3.63, 3.8) is 0 Å². The van der Waals surface area contributed by atoms with Gasteiger partial charge in [-0.3, -0.25) is 9.48 Å². The summed E-state index contributed by atoms with van der Waals surface area (Å²) in [4.78, 5) is 17.6. The molecule has 1 aliphatic heterocycles. The lowest BCUT2D eigenvalue weighted by molar-refractivity contribution is 0.0741. The lowest BCUT2D eigenvalue weighted by Gasteiger charge is -2.36. The molecule has 0 atom stereocenters. The highest BCUT2D eigenvalue weighted by Crippen LogP contribution is 2.27. The van der Waals surface area contributed by atoms with E-state index < -0.39 is 0 Å². The Hall–Kier alpha value is -3.77. The molecule has 0 bridgehead atoms. The third-order valence-corrected chi connectivity index (χ3v) is 6.44. The van der Waals surface area contributed by atoms with Crippen LogP contribution in [0.3, 0.4) is 0 Å². The van der Waals surface area contributed by atoms with Crippen molar-refractivity contribution in [2.24, 2.45) is 0 Å². The summed E-state index contributed by atoms with van der Waals surface area (Å²) in [7, 11) is 0. The maximum absolute atomic E-state index is 13.6. The normalized spacial score (nSPS) is 13.6. The van der Waals surface area contributed by atoms with E-state index in [1.54, 1.807) is 10.9 Å². The fourth-order valence-corrected chi connectivity index (χ4v) is 4.52. The first-order valence-electron chi connectivity index (χ1n) is 11.7. The summed E-state index contributed by atoms with van der Waals surface area (Å²) in [6.45, 7) is 3.56. The molecule has 0 radical (unpaired) electrons. The highest BCUT2D eigenvalue weighted by atomic mass is 35.5. The largest absolute Gasteiger partial charge is 0.471 e. The van der Waals surface area contributed by atoms with E-state index in [1.165, 1.54) is 0 Å². The van der Waals surface area contributed by atoms with Crippen LogP contribution >= 0.6 is 11.6 Å². The molecule has 0 unspecified atom stereocenters. The van der Waals surface area contributed by atoms with E-state index in [1.807, 2.05) is 89.8 Å². The molecule has 1 aliphatic rings. The van der Waals surface area contributed by atoms with Gasteiger partial charge in [0.1, 0.15) is 12.2 Å². The Kier molecular flexibility index (Phi) is 7.00. The standard InChI is InChI=1S/C28H27ClN4O2/c29-25-13-7-8-14-26(25)31-15-17-32(18-16-31)28(34)24-20-33(19-22-9-3-1-4-10-22)30-27(24)35-21-23-11-5-2-6-12-23/h1-14,20H,15-19,21H2. The third kappa shape index (κ3) is 5.49. The molecule has 1 amide bonds. The minimum absolute atomic E-state index is 0.0637. The Bertz CT molecular complexity index is 1270. The molecule has 3 aromatic carbocycles. The number of ether oxygens (including phenoxy) is 1. The zero-order valence-corrected chi connectivity index (χ0v) is 20.1. The lowest BCUT2D eigenvalue weighted by atomic mass is 10.2. The van der Waals surface area contributed by atoms with Crippen molar-refractivity contribution < 1.29 is 9.53 Å². The number of benzene rings is 3. The van der Waals surface area contributed by atoms with Crippen LogP contribution in [0.5, 0.6) is 5.88 Å². The van der Waals surface area contributed by atoms with Crippen molar-refractivity contribution in [3.8, 4) is 5.88 Å². The number of aromatic nitrogens is 2. The summed E-state index contributed by atoms with van der Waals surface area (Å²) >= 11 is 6.38. The zero-order valence-electron chi connectivity index (χ0n) is 19.4. The van der Waals surface area contributed by atoms with Crippen LogP contribution in [0, 0.1) is 0 Å². The average molecular weight is 487 g/mol. The first-order chi connectivity index (χ1) is 17.2. The van der Waals surface area contributed by atoms with Crippen LogP contribution in [-0.2, 0) is 13.2 Å². The monoisotopic (exact) mass is 486 g/mol. The maximum atomic E-state index is 13.6. The van der Waals surface area contributed by atoms with Crippen molar-refractivity contribution >= 4 is 23.2 Å². The SMILES string of the molecule is O=C(c1cn(Cc2ccccc2)nc1OCc1ccccc1)N1CCN(c2ccccc2Cl)CC1. The van der Waals surface area contributed by atoms with Gasteiger partial charge in [-0.05, 0) is 23.3 Å². The van der Waals surface area contributed by atoms with Crippen LogP contribution in [-0.4, -0.2) is 46.8 Å². The molecule has 5 rings (SSSR count). The molecule has 0 aliphatic carbocycles. The Labute approximate surface area is 210 Å². The van der Waals surface area contributed by atoms with Gasteiger partial charge in [0.15, 0.2) is 0 Å². The van der Waals surface area contributed by atoms with Crippen molar-refractivity contribution in [1.29, 1.82) is 0 Å². The summed E-state index contributed by atoms with van der Waals surface area (Å²) in [6.07, 6.45) is 1.80. The minimum atomic E-state index is -0.0637. The van der Waals surface area contributed by atoms with Crippen LogP contribution < -0.4 is 9.64 Å². The van der Waals surface area contributed by atoms with E-state index in [2.05, 4.69) is 10.00 Å². The quantitative estimate of drug-likeness (QED) is 0.363. The van der Waals surface area contributed by atoms with Gasteiger partial charge in [-0.1, -0.05) is 84.4 Å². The number of hydrogen-bond donors (Lipinski definition) is 0. The highest BCUT2D eigenvalue weighted by Gasteiger charge is 2.27. The van der Waals surface area contributed by atoms with E-state index >= 15 is 0 Å². The smallest absolute Gasteiger partial charge is 0.261 e. The van der Waals surface area contributed by atoms with Crippen LogP contribution in [0.1, 0.15) is 21.5 Å². The molecule has 0 spiro atoms. The molecular formula is C28H27ClN4O2. The molecule has 178 valence electrons. The number of amides is 1. The second kappa shape index (κ2) is 10.7. The van der Waals surface area contributed by atoms with E-state index in [-0.39, 0.29) is 5.91 Å². The van der Waals surface area contributed by atoms with Gasteiger partial charge in [0.25, 0.3) is 5.91 Å². The number of hydrogen-bond acceptors (Lipinski definition) is 4. The van der Waals surface area contributed by atoms with E-state index in [4.69, 9.17) is 16.3 Å². The number of para-hydroxylation sites is 1. The number of anilines is 1. The molecule has 35 heavy (non-hydrogen) atoms. The summed E-state index contributed by atoms with van der Waals surface area (Å²) in [5.41, 5.74) is 3.63. The number of halogens is 1.